The molecule has 4 N–H and O–H groups in total. The highest BCUT2D eigenvalue weighted by molar-refractivity contribution is 6.32. The second-order valence-electron chi connectivity index (χ2n) is 4.06. The number of β-amino-alcohol motifs (C(OH)–C–C–N with tert-alkyl or cyclic N) is 1. The Hall–Kier alpha value is -1.15. The number of aromatic nitrogens is 2. The van der Waals surface area contributed by atoms with Crippen molar-refractivity contribution in [3.63, 3.8) is 0 Å². The number of hydrogen-bond donors (Lipinski definition) is 3. The molecule has 1 saturated heterocycles. The summed E-state index contributed by atoms with van der Waals surface area (Å²) in [7, 11) is 0. The van der Waals surface area contributed by atoms with Crippen LogP contribution in [-0.4, -0.2) is 59.3 Å². The van der Waals surface area contributed by atoms with Gasteiger partial charge in [0.1, 0.15) is 5.02 Å². The van der Waals surface area contributed by atoms with Crippen molar-refractivity contribution in [2.24, 2.45) is 5.84 Å². The fourth-order valence-electron chi connectivity index (χ4n) is 1.97. The van der Waals surface area contributed by atoms with Crippen molar-refractivity contribution in [2.45, 2.75) is 0 Å². The Morgan fingerprint density at radius 2 is 2.11 bits per heavy atom. The summed E-state index contributed by atoms with van der Waals surface area (Å²) in [5.41, 5.74) is 2.41. The molecule has 2 rings (SSSR count). The number of aliphatic hydroxyl groups excluding tert-OH is 1. The first kappa shape index (κ1) is 13.3. The fourth-order valence-corrected chi connectivity index (χ4v) is 2.18. The molecule has 0 spiro atoms. The van der Waals surface area contributed by atoms with E-state index in [0.29, 0.717) is 23.3 Å². The van der Waals surface area contributed by atoms with Crippen molar-refractivity contribution in [1.82, 2.24) is 14.9 Å². The van der Waals surface area contributed by atoms with E-state index in [2.05, 4.69) is 25.2 Å². The van der Waals surface area contributed by atoms with Gasteiger partial charge in [0.15, 0.2) is 5.82 Å². The summed E-state index contributed by atoms with van der Waals surface area (Å²) >= 11 is 6.10. The Bertz CT molecular complexity index is 396. The topological polar surface area (TPSA) is 90.5 Å². The van der Waals surface area contributed by atoms with Crippen molar-refractivity contribution in [1.29, 1.82) is 0 Å². The Morgan fingerprint density at radius 1 is 1.39 bits per heavy atom. The highest BCUT2D eigenvalue weighted by Gasteiger charge is 2.20. The summed E-state index contributed by atoms with van der Waals surface area (Å²) in [6, 6.07) is 0. The Labute approximate surface area is 111 Å². The highest BCUT2D eigenvalue weighted by Crippen LogP contribution is 2.24. The molecule has 1 aliphatic heterocycles. The third-order valence-corrected chi connectivity index (χ3v) is 3.21. The lowest BCUT2D eigenvalue weighted by molar-refractivity contribution is 0.188. The fraction of sp³-hybridized carbons (Fsp3) is 0.600. The van der Waals surface area contributed by atoms with E-state index in [9.17, 15) is 0 Å². The van der Waals surface area contributed by atoms with Crippen molar-refractivity contribution in [2.75, 3.05) is 49.7 Å². The van der Waals surface area contributed by atoms with Gasteiger partial charge < -0.3 is 10.0 Å². The molecule has 2 heterocycles. The zero-order chi connectivity index (χ0) is 13.0. The van der Waals surface area contributed by atoms with Crippen molar-refractivity contribution < 1.29 is 5.11 Å². The Balaban J connectivity index is 2.04. The quantitative estimate of drug-likeness (QED) is 0.504. The smallest absolute Gasteiger partial charge is 0.239 e. The highest BCUT2D eigenvalue weighted by atomic mass is 35.5. The van der Waals surface area contributed by atoms with Crippen LogP contribution in [0, 0.1) is 0 Å². The molecule has 1 aromatic heterocycles. The van der Waals surface area contributed by atoms with Gasteiger partial charge in [0.2, 0.25) is 5.95 Å². The summed E-state index contributed by atoms with van der Waals surface area (Å²) in [6.07, 6.45) is 1.54. The Kier molecular flexibility index (Phi) is 4.54. The summed E-state index contributed by atoms with van der Waals surface area (Å²) in [5, 5.41) is 9.41. The monoisotopic (exact) mass is 272 g/mol. The van der Waals surface area contributed by atoms with Crippen LogP contribution < -0.4 is 16.2 Å². The van der Waals surface area contributed by atoms with E-state index in [-0.39, 0.29) is 6.61 Å². The third kappa shape index (κ3) is 2.99. The molecule has 0 amide bonds. The van der Waals surface area contributed by atoms with Crippen molar-refractivity contribution >= 4 is 23.4 Å². The molecule has 0 atom stereocenters. The first-order valence-electron chi connectivity index (χ1n) is 5.82. The van der Waals surface area contributed by atoms with Crippen LogP contribution >= 0.6 is 11.6 Å². The minimum atomic E-state index is 0.190. The van der Waals surface area contributed by atoms with Gasteiger partial charge >= 0.3 is 0 Å². The lowest BCUT2D eigenvalue weighted by atomic mass is 10.3. The molecular weight excluding hydrogens is 256 g/mol. The number of nitrogens with two attached hydrogens (primary N) is 1. The Morgan fingerprint density at radius 3 is 2.72 bits per heavy atom. The van der Waals surface area contributed by atoms with Crippen LogP contribution in [0.1, 0.15) is 0 Å². The number of hydrazine groups is 1. The van der Waals surface area contributed by atoms with E-state index in [1.54, 1.807) is 6.20 Å². The van der Waals surface area contributed by atoms with Crippen LogP contribution in [0.4, 0.5) is 11.8 Å². The number of piperazine rings is 1. The average Bonchev–Trinajstić information content (AvgIpc) is 2.41. The van der Waals surface area contributed by atoms with Gasteiger partial charge in [-0.25, -0.2) is 10.8 Å². The molecule has 1 aromatic rings. The summed E-state index contributed by atoms with van der Waals surface area (Å²) < 4.78 is 0. The number of hydrogen-bond acceptors (Lipinski definition) is 7. The predicted molar refractivity (Wildman–Crippen MR) is 70.6 cm³/mol. The second-order valence-corrected chi connectivity index (χ2v) is 4.47. The molecule has 0 unspecified atom stereocenters. The number of halogens is 1. The minimum absolute atomic E-state index is 0.190. The predicted octanol–water partition coefficient (Wildman–Crippen LogP) is -0.470. The third-order valence-electron chi connectivity index (χ3n) is 2.94. The normalized spacial score (nSPS) is 16.9. The summed E-state index contributed by atoms with van der Waals surface area (Å²) in [5.74, 6) is 6.34. The van der Waals surface area contributed by atoms with Gasteiger partial charge in [0.05, 0.1) is 12.8 Å². The molecule has 7 nitrogen and oxygen atoms in total. The molecule has 0 aliphatic carbocycles. The average molecular weight is 273 g/mol. The van der Waals surface area contributed by atoms with E-state index in [1.165, 1.54) is 0 Å². The van der Waals surface area contributed by atoms with Gasteiger partial charge in [-0.15, -0.1) is 0 Å². The van der Waals surface area contributed by atoms with Crippen molar-refractivity contribution in [3.8, 4) is 0 Å². The van der Waals surface area contributed by atoms with Gasteiger partial charge in [0.25, 0.3) is 0 Å². The van der Waals surface area contributed by atoms with Gasteiger partial charge in [-0.3, -0.25) is 10.3 Å². The maximum absolute atomic E-state index is 8.89. The van der Waals surface area contributed by atoms with Crippen LogP contribution in [-0.2, 0) is 0 Å². The largest absolute Gasteiger partial charge is 0.395 e. The summed E-state index contributed by atoms with van der Waals surface area (Å²) in [4.78, 5) is 12.5. The molecule has 0 aromatic carbocycles. The zero-order valence-electron chi connectivity index (χ0n) is 10.0. The molecule has 100 valence electrons. The zero-order valence-corrected chi connectivity index (χ0v) is 10.8. The minimum Gasteiger partial charge on any atom is -0.395 e. The SMILES string of the molecule is NNc1ncc(Cl)c(N2CCN(CCO)CC2)n1. The standard InChI is InChI=1S/C10H17ClN6O/c11-8-7-13-10(15-12)14-9(8)17-3-1-16(2-4-17)5-6-18/h7,18H,1-6,12H2,(H,13,14,15). The molecule has 18 heavy (non-hydrogen) atoms. The van der Waals surface area contributed by atoms with Crippen LogP contribution in [0.25, 0.3) is 0 Å². The molecule has 0 bridgehead atoms. The van der Waals surface area contributed by atoms with Gasteiger partial charge in [-0.1, -0.05) is 11.6 Å². The molecule has 0 radical (unpaired) electrons. The lowest BCUT2D eigenvalue weighted by Gasteiger charge is -2.35. The number of rotatable bonds is 4. The van der Waals surface area contributed by atoms with E-state index in [4.69, 9.17) is 22.6 Å². The van der Waals surface area contributed by atoms with Crippen molar-refractivity contribution in [3.05, 3.63) is 11.2 Å². The number of aliphatic hydroxyl groups is 1. The number of nitrogen functional groups attached to an aromatic ring is 1. The van der Waals surface area contributed by atoms with Crippen LogP contribution in [0.3, 0.4) is 0 Å². The number of nitrogens with one attached hydrogen (secondary N) is 1. The van der Waals surface area contributed by atoms with E-state index < -0.39 is 0 Å². The molecular formula is C10H17ClN6O. The molecule has 1 aliphatic rings. The molecule has 0 saturated carbocycles. The first-order valence-corrected chi connectivity index (χ1v) is 6.19. The number of nitrogens with zero attached hydrogens (tertiary/aromatic N) is 4. The number of anilines is 2. The van der Waals surface area contributed by atoms with Gasteiger partial charge in [0, 0.05) is 32.7 Å². The molecule has 1 fully saturated rings. The van der Waals surface area contributed by atoms with E-state index in [0.717, 1.165) is 26.2 Å². The molecule has 8 heteroatoms. The van der Waals surface area contributed by atoms with Crippen LogP contribution in [0.2, 0.25) is 5.02 Å². The first-order chi connectivity index (χ1) is 8.74. The summed E-state index contributed by atoms with van der Waals surface area (Å²) in [6.45, 7) is 4.30. The van der Waals surface area contributed by atoms with Crippen LogP contribution in [0.5, 0.6) is 0 Å². The maximum Gasteiger partial charge on any atom is 0.239 e. The van der Waals surface area contributed by atoms with Gasteiger partial charge in [-0.05, 0) is 0 Å². The second kappa shape index (κ2) is 6.14. The van der Waals surface area contributed by atoms with Gasteiger partial charge in [-0.2, -0.15) is 4.98 Å². The van der Waals surface area contributed by atoms with Crippen LogP contribution in [0.15, 0.2) is 6.20 Å². The lowest BCUT2D eigenvalue weighted by Crippen LogP contribution is -2.47. The maximum atomic E-state index is 8.89. The van der Waals surface area contributed by atoms with E-state index >= 15 is 0 Å². The van der Waals surface area contributed by atoms with E-state index in [1.807, 2.05) is 0 Å².